The number of hydrogen-bond acceptors (Lipinski definition) is 4. The van der Waals surface area contributed by atoms with Crippen LogP contribution in [0.2, 0.25) is 0 Å². The Kier molecular flexibility index (Phi) is 8.83. The van der Waals surface area contributed by atoms with Crippen molar-refractivity contribution in [2.45, 2.75) is 26.9 Å². The Bertz CT molecular complexity index is 652. The van der Waals surface area contributed by atoms with Gasteiger partial charge in [0.15, 0.2) is 5.11 Å². The first-order chi connectivity index (χ1) is 13.0. The zero-order valence-electron chi connectivity index (χ0n) is 15.7. The van der Waals surface area contributed by atoms with Gasteiger partial charge in [0.05, 0.1) is 25.5 Å². The van der Waals surface area contributed by atoms with Crippen LogP contribution in [0.15, 0.2) is 23.3 Å². The minimum absolute atomic E-state index is 0.0889. The molecule has 150 valence electrons. The third-order valence-electron chi connectivity index (χ3n) is 4.26. The fraction of sp³-hybridized carbons (Fsp3) is 0.556. The third kappa shape index (κ3) is 7.74. The summed E-state index contributed by atoms with van der Waals surface area (Å²) in [6, 6.07) is 4.98. The van der Waals surface area contributed by atoms with Gasteiger partial charge in [-0.25, -0.2) is 0 Å². The van der Waals surface area contributed by atoms with E-state index in [2.05, 4.69) is 20.6 Å². The van der Waals surface area contributed by atoms with Crippen LogP contribution >= 0.6 is 12.2 Å². The monoisotopic (exact) mass is 401 g/mol. The lowest BCUT2D eigenvalue weighted by atomic mass is 10.1. The molecule has 1 aliphatic rings. The van der Waals surface area contributed by atoms with Gasteiger partial charge >= 0.3 is 6.61 Å². The summed E-state index contributed by atoms with van der Waals surface area (Å²) in [5.74, 6) is 0.0889. The van der Waals surface area contributed by atoms with Crippen LogP contribution in [0.25, 0.3) is 0 Å². The van der Waals surface area contributed by atoms with E-state index in [1.54, 1.807) is 24.0 Å². The molecule has 9 heteroatoms. The highest BCUT2D eigenvalue weighted by Gasteiger charge is 2.13. The van der Waals surface area contributed by atoms with Crippen molar-refractivity contribution in [3.63, 3.8) is 0 Å². The quantitative estimate of drug-likeness (QED) is 0.264. The summed E-state index contributed by atoms with van der Waals surface area (Å²) < 4.78 is 35.0. The minimum Gasteiger partial charge on any atom is -0.434 e. The SMILES string of the molecule is C/C(=N/NC(=S)NCCC[NH+]1CCOCC1)c1cc(C)ccc1OC(F)F. The first-order valence-corrected chi connectivity index (χ1v) is 9.42. The number of hydrogen-bond donors (Lipinski definition) is 3. The molecule has 3 N–H and O–H groups in total. The molecule has 1 fully saturated rings. The van der Waals surface area contributed by atoms with Crippen LogP contribution in [0.1, 0.15) is 24.5 Å². The number of benzene rings is 1. The van der Waals surface area contributed by atoms with Crippen molar-refractivity contribution in [1.29, 1.82) is 0 Å². The summed E-state index contributed by atoms with van der Waals surface area (Å²) in [7, 11) is 0. The highest BCUT2D eigenvalue weighted by molar-refractivity contribution is 7.80. The van der Waals surface area contributed by atoms with E-state index in [4.69, 9.17) is 17.0 Å². The molecule has 6 nitrogen and oxygen atoms in total. The van der Waals surface area contributed by atoms with Gasteiger partial charge in [-0.3, -0.25) is 5.43 Å². The Morgan fingerprint density at radius 3 is 2.81 bits per heavy atom. The zero-order chi connectivity index (χ0) is 19.6. The molecule has 0 radical (unpaired) electrons. The molecule has 1 aliphatic heterocycles. The van der Waals surface area contributed by atoms with Gasteiger partial charge in [0.25, 0.3) is 0 Å². The Hall–Kier alpha value is -1.84. The average Bonchev–Trinajstić information content (AvgIpc) is 2.65. The number of ether oxygens (including phenoxy) is 2. The molecule has 0 spiro atoms. The number of morpholine rings is 1. The molecule has 0 unspecified atom stereocenters. The standard InChI is InChI=1S/C18H26F2N4O2S/c1-13-4-5-16(26-17(19)20)15(12-13)14(2)22-23-18(27)21-6-3-7-24-8-10-25-11-9-24/h4-5,12,17H,3,6-11H2,1-2H3,(H2,21,23,27)/p+1/b22-14-. The Morgan fingerprint density at radius 1 is 1.37 bits per heavy atom. The van der Waals surface area contributed by atoms with E-state index in [-0.39, 0.29) is 5.75 Å². The molecule has 0 aliphatic carbocycles. The lowest BCUT2D eigenvalue weighted by Crippen LogP contribution is -3.14. The highest BCUT2D eigenvalue weighted by Crippen LogP contribution is 2.22. The number of nitrogens with zero attached hydrogens (tertiary/aromatic N) is 1. The van der Waals surface area contributed by atoms with Crippen LogP contribution in [-0.2, 0) is 4.74 Å². The maximum atomic E-state index is 12.6. The van der Waals surface area contributed by atoms with Gasteiger partial charge in [0.1, 0.15) is 18.8 Å². The molecule has 1 saturated heterocycles. The van der Waals surface area contributed by atoms with Crippen molar-refractivity contribution in [1.82, 2.24) is 10.7 Å². The Morgan fingerprint density at radius 2 is 2.11 bits per heavy atom. The van der Waals surface area contributed by atoms with Crippen LogP contribution in [0, 0.1) is 6.92 Å². The fourth-order valence-corrected chi connectivity index (χ4v) is 2.96. The van der Waals surface area contributed by atoms with Crippen LogP contribution in [0.4, 0.5) is 8.78 Å². The smallest absolute Gasteiger partial charge is 0.387 e. The van der Waals surface area contributed by atoms with E-state index in [1.165, 1.54) is 6.07 Å². The molecule has 1 heterocycles. The van der Waals surface area contributed by atoms with Gasteiger partial charge in [0.2, 0.25) is 0 Å². The van der Waals surface area contributed by atoms with Crippen molar-refractivity contribution in [2.75, 3.05) is 39.4 Å². The van der Waals surface area contributed by atoms with E-state index in [0.29, 0.717) is 16.4 Å². The lowest BCUT2D eigenvalue weighted by Gasteiger charge is -2.23. The van der Waals surface area contributed by atoms with Gasteiger partial charge in [-0.1, -0.05) is 11.6 Å². The third-order valence-corrected chi connectivity index (χ3v) is 4.49. The highest BCUT2D eigenvalue weighted by atomic mass is 32.1. The summed E-state index contributed by atoms with van der Waals surface area (Å²) >= 11 is 5.21. The molecule has 27 heavy (non-hydrogen) atoms. The number of aryl methyl sites for hydroxylation is 1. The largest absolute Gasteiger partial charge is 0.434 e. The second-order valence-corrected chi connectivity index (χ2v) is 6.82. The van der Waals surface area contributed by atoms with Crippen molar-refractivity contribution < 1.29 is 23.2 Å². The predicted molar refractivity (Wildman–Crippen MR) is 105 cm³/mol. The first kappa shape index (κ1) is 21.5. The van der Waals surface area contributed by atoms with Gasteiger partial charge in [-0.2, -0.15) is 13.9 Å². The number of quaternary nitrogens is 1. The zero-order valence-corrected chi connectivity index (χ0v) is 16.5. The van der Waals surface area contributed by atoms with Crippen LogP contribution in [0.3, 0.4) is 0 Å². The lowest BCUT2D eigenvalue weighted by molar-refractivity contribution is -0.908. The maximum absolute atomic E-state index is 12.6. The molecule has 0 saturated carbocycles. The Balaban J connectivity index is 1.80. The molecule has 2 rings (SSSR count). The number of alkyl halides is 2. The number of thiocarbonyl (C=S) groups is 1. The van der Waals surface area contributed by atoms with Gasteiger partial charge in [-0.15, -0.1) is 0 Å². The number of halogens is 2. The summed E-state index contributed by atoms with van der Waals surface area (Å²) in [5.41, 5.74) is 4.69. The summed E-state index contributed by atoms with van der Waals surface area (Å²) in [4.78, 5) is 1.54. The van der Waals surface area contributed by atoms with Crippen molar-refractivity contribution in [3.8, 4) is 5.75 Å². The molecule has 0 atom stereocenters. The molecule has 0 amide bonds. The normalized spacial score (nSPS) is 15.7. The van der Waals surface area contributed by atoms with Crippen LogP contribution in [-0.4, -0.2) is 56.8 Å². The molecule has 0 bridgehead atoms. The van der Waals surface area contributed by atoms with E-state index in [0.717, 1.165) is 51.4 Å². The van der Waals surface area contributed by atoms with E-state index < -0.39 is 6.61 Å². The van der Waals surface area contributed by atoms with Gasteiger partial charge < -0.3 is 19.7 Å². The summed E-state index contributed by atoms with van der Waals surface area (Å²) in [5, 5.41) is 7.69. The average molecular weight is 402 g/mol. The van der Waals surface area contributed by atoms with Crippen LogP contribution < -0.4 is 20.4 Å². The number of hydrazone groups is 1. The van der Waals surface area contributed by atoms with E-state index >= 15 is 0 Å². The van der Waals surface area contributed by atoms with E-state index in [9.17, 15) is 8.78 Å². The molecular formula is C18H27F2N4O2S+. The van der Waals surface area contributed by atoms with E-state index in [1.807, 2.05) is 6.92 Å². The van der Waals surface area contributed by atoms with Gasteiger partial charge in [-0.05, 0) is 38.2 Å². The molecule has 1 aromatic carbocycles. The maximum Gasteiger partial charge on any atom is 0.387 e. The van der Waals surface area contributed by atoms with Crippen LogP contribution in [0.5, 0.6) is 5.75 Å². The first-order valence-electron chi connectivity index (χ1n) is 9.01. The van der Waals surface area contributed by atoms with Crippen molar-refractivity contribution >= 4 is 23.0 Å². The number of rotatable bonds is 8. The summed E-state index contributed by atoms with van der Waals surface area (Å²) in [6.07, 6.45) is 0.990. The second-order valence-electron chi connectivity index (χ2n) is 6.41. The van der Waals surface area contributed by atoms with Crippen molar-refractivity contribution in [2.24, 2.45) is 5.10 Å². The van der Waals surface area contributed by atoms with Gasteiger partial charge in [0, 0.05) is 18.5 Å². The molecular weight excluding hydrogens is 374 g/mol. The Labute approximate surface area is 163 Å². The molecule has 1 aromatic rings. The number of nitrogens with one attached hydrogen (secondary N) is 3. The fourth-order valence-electron chi connectivity index (χ4n) is 2.81. The topological polar surface area (TPSA) is 59.3 Å². The summed E-state index contributed by atoms with van der Waals surface area (Å²) in [6.45, 7) is 6.26. The predicted octanol–water partition coefficient (Wildman–Crippen LogP) is 1.09. The second kappa shape index (κ2) is 11.1. The molecule has 0 aromatic heterocycles. The van der Waals surface area contributed by atoms with Crippen molar-refractivity contribution in [3.05, 3.63) is 29.3 Å². The minimum atomic E-state index is -2.89.